The van der Waals surface area contributed by atoms with Gasteiger partial charge in [-0.2, -0.15) is 0 Å². The number of nitrogens with one attached hydrogen (secondary N) is 2. The van der Waals surface area contributed by atoms with Crippen LogP contribution in [0.3, 0.4) is 0 Å². The highest BCUT2D eigenvalue weighted by molar-refractivity contribution is 7.99. The highest BCUT2D eigenvalue weighted by atomic mass is 32.2. The Bertz CT molecular complexity index is 945. The van der Waals surface area contributed by atoms with Crippen LogP contribution >= 0.6 is 11.8 Å². The molecule has 6 heteroatoms. The molecule has 0 saturated heterocycles. The monoisotopic (exact) mass is 356 g/mol. The molecule has 0 atom stereocenters. The number of hydrogen-bond acceptors (Lipinski definition) is 4. The van der Waals surface area contributed by atoms with Gasteiger partial charge in [-0.15, -0.1) is 11.8 Å². The fourth-order valence-corrected chi connectivity index (χ4v) is 3.58. The number of fused-ring (bicyclic) bond motifs is 1. The normalized spacial score (nSPS) is 11.0. The van der Waals surface area contributed by atoms with Gasteiger partial charge < -0.3 is 14.7 Å². The number of hydrogen-bond donors (Lipinski definition) is 2. The van der Waals surface area contributed by atoms with Crippen molar-refractivity contribution in [2.24, 2.45) is 0 Å². The second kappa shape index (κ2) is 7.61. The molecule has 0 aliphatic rings. The molecular weight excluding hydrogens is 336 g/mol. The molecule has 25 heavy (non-hydrogen) atoms. The first-order chi connectivity index (χ1) is 12.0. The summed E-state index contributed by atoms with van der Waals surface area (Å²) in [7, 11) is 0. The van der Waals surface area contributed by atoms with Crippen molar-refractivity contribution < 1.29 is 9.21 Å². The van der Waals surface area contributed by atoms with Crippen LogP contribution in [0.15, 0.2) is 45.8 Å². The fourth-order valence-electron chi connectivity index (χ4n) is 2.81. The van der Waals surface area contributed by atoms with Crippen molar-refractivity contribution >= 4 is 28.6 Å². The van der Waals surface area contributed by atoms with E-state index in [1.54, 1.807) is 18.4 Å². The first-order valence-electron chi connectivity index (χ1n) is 8.03. The van der Waals surface area contributed by atoms with Crippen molar-refractivity contribution in [3.05, 3.63) is 69.4 Å². The number of aromatic amines is 1. The van der Waals surface area contributed by atoms with E-state index in [0.717, 1.165) is 33.5 Å². The Labute approximate surface area is 149 Å². The van der Waals surface area contributed by atoms with Crippen molar-refractivity contribution in [2.45, 2.75) is 26.1 Å². The molecule has 0 unspecified atom stereocenters. The molecule has 1 amide bonds. The van der Waals surface area contributed by atoms with E-state index in [9.17, 15) is 9.59 Å². The van der Waals surface area contributed by atoms with Gasteiger partial charge in [-0.05, 0) is 43.2 Å². The lowest BCUT2D eigenvalue weighted by Crippen LogP contribution is -2.24. The molecule has 5 nitrogen and oxygen atoms in total. The molecule has 3 aromatic rings. The second-order valence-corrected chi connectivity index (χ2v) is 7.00. The Balaban J connectivity index is 1.59. The maximum atomic E-state index is 12.3. The third kappa shape index (κ3) is 4.33. The lowest BCUT2D eigenvalue weighted by Gasteiger charge is -2.08. The minimum Gasteiger partial charge on any atom is -0.467 e. The Morgan fingerprint density at radius 3 is 2.88 bits per heavy atom. The molecule has 0 fully saturated rings. The first-order valence-corrected chi connectivity index (χ1v) is 9.18. The summed E-state index contributed by atoms with van der Waals surface area (Å²) < 4.78 is 5.17. The summed E-state index contributed by atoms with van der Waals surface area (Å²) in [6, 6.07) is 9.22. The number of carbonyl (C=O) groups excluding carboxylic acids is 1. The standard InChI is InChI=1S/C19H20N2O3S/c1-12-6-13(2)19-16(7-12)21-14(8-17(19)22)10-25-11-18(23)20-9-15-4-3-5-24-15/h3-8H,9-11H2,1-2H3,(H,20,23)(H,21,22). The van der Waals surface area contributed by atoms with E-state index < -0.39 is 0 Å². The number of pyridine rings is 1. The average Bonchev–Trinajstić information content (AvgIpc) is 3.05. The van der Waals surface area contributed by atoms with Gasteiger partial charge in [0.1, 0.15) is 5.76 Å². The molecule has 0 radical (unpaired) electrons. The van der Waals surface area contributed by atoms with Crippen molar-refractivity contribution in [3.63, 3.8) is 0 Å². The Kier molecular flexibility index (Phi) is 5.28. The van der Waals surface area contributed by atoms with E-state index in [4.69, 9.17) is 4.42 Å². The fraction of sp³-hybridized carbons (Fsp3) is 0.263. The molecule has 0 aliphatic heterocycles. The molecule has 2 aromatic heterocycles. The van der Waals surface area contributed by atoms with Gasteiger partial charge in [-0.1, -0.05) is 6.07 Å². The summed E-state index contributed by atoms with van der Waals surface area (Å²) >= 11 is 1.46. The quantitative estimate of drug-likeness (QED) is 0.711. The maximum Gasteiger partial charge on any atom is 0.230 e. The zero-order valence-corrected chi connectivity index (χ0v) is 15.0. The molecule has 0 spiro atoms. The molecule has 2 N–H and O–H groups in total. The minimum absolute atomic E-state index is 0.0177. The summed E-state index contributed by atoms with van der Waals surface area (Å²) in [5, 5.41) is 3.53. The third-order valence-corrected chi connectivity index (χ3v) is 4.84. The Hall–Kier alpha value is -2.47. The number of rotatable bonds is 6. The number of aryl methyl sites for hydroxylation is 2. The molecule has 0 saturated carbocycles. The number of furan rings is 1. The van der Waals surface area contributed by atoms with Gasteiger partial charge in [0.15, 0.2) is 5.43 Å². The Morgan fingerprint density at radius 2 is 2.12 bits per heavy atom. The van der Waals surface area contributed by atoms with Crippen LogP contribution in [0.1, 0.15) is 22.6 Å². The zero-order valence-electron chi connectivity index (χ0n) is 14.2. The van der Waals surface area contributed by atoms with Crippen LogP contribution in [0.4, 0.5) is 0 Å². The van der Waals surface area contributed by atoms with Gasteiger partial charge in [0.2, 0.25) is 5.91 Å². The smallest absolute Gasteiger partial charge is 0.230 e. The zero-order chi connectivity index (χ0) is 17.8. The number of thioether (sulfide) groups is 1. The highest BCUT2D eigenvalue weighted by Gasteiger charge is 2.08. The minimum atomic E-state index is -0.0591. The summed E-state index contributed by atoms with van der Waals surface area (Å²) in [6.45, 7) is 4.34. The molecular formula is C19H20N2O3S. The third-order valence-electron chi connectivity index (χ3n) is 3.86. The molecule has 130 valence electrons. The predicted molar refractivity (Wildman–Crippen MR) is 101 cm³/mol. The van der Waals surface area contributed by atoms with Gasteiger partial charge in [-0.25, -0.2) is 0 Å². The Morgan fingerprint density at radius 1 is 1.28 bits per heavy atom. The van der Waals surface area contributed by atoms with E-state index >= 15 is 0 Å². The van der Waals surface area contributed by atoms with Gasteiger partial charge in [0.25, 0.3) is 0 Å². The largest absolute Gasteiger partial charge is 0.467 e. The van der Waals surface area contributed by atoms with Gasteiger partial charge in [-0.3, -0.25) is 9.59 Å². The van der Waals surface area contributed by atoms with Crippen LogP contribution in [-0.2, 0) is 17.1 Å². The molecule has 1 aromatic carbocycles. The highest BCUT2D eigenvalue weighted by Crippen LogP contribution is 2.18. The molecule has 3 rings (SSSR count). The lowest BCUT2D eigenvalue weighted by atomic mass is 10.1. The summed E-state index contributed by atoms with van der Waals surface area (Å²) in [4.78, 5) is 27.5. The number of amides is 1. The van der Waals surface area contributed by atoms with Crippen molar-refractivity contribution in [1.82, 2.24) is 10.3 Å². The summed E-state index contributed by atoms with van der Waals surface area (Å²) in [5.41, 5.74) is 3.79. The number of benzene rings is 1. The van der Waals surface area contributed by atoms with Crippen LogP contribution in [0.25, 0.3) is 10.9 Å². The SMILES string of the molecule is Cc1cc(C)c2c(=O)cc(CSCC(=O)NCc3ccco3)[nH]c2c1. The van der Waals surface area contributed by atoms with Crippen LogP contribution < -0.4 is 10.7 Å². The molecule has 0 bridgehead atoms. The number of H-pyrrole nitrogens is 1. The van der Waals surface area contributed by atoms with Crippen molar-refractivity contribution in [3.8, 4) is 0 Å². The van der Waals surface area contributed by atoms with Crippen molar-refractivity contribution in [2.75, 3.05) is 5.75 Å². The van der Waals surface area contributed by atoms with E-state index in [1.165, 1.54) is 11.8 Å². The van der Waals surface area contributed by atoms with Crippen LogP contribution in [0.2, 0.25) is 0 Å². The van der Waals surface area contributed by atoms with Gasteiger partial charge >= 0.3 is 0 Å². The summed E-state index contributed by atoms with van der Waals surface area (Å²) in [5.74, 6) is 1.57. The number of carbonyl (C=O) groups is 1. The van der Waals surface area contributed by atoms with Gasteiger partial charge in [0.05, 0.1) is 24.1 Å². The molecule has 0 aliphatic carbocycles. The van der Waals surface area contributed by atoms with Crippen molar-refractivity contribution in [1.29, 1.82) is 0 Å². The second-order valence-electron chi connectivity index (χ2n) is 6.01. The van der Waals surface area contributed by atoms with E-state index in [2.05, 4.69) is 10.3 Å². The van der Waals surface area contributed by atoms with Gasteiger partial charge in [0, 0.05) is 22.9 Å². The predicted octanol–water partition coefficient (Wildman–Crippen LogP) is 3.29. The average molecular weight is 356 g/mol. The first kappa shape index (κ1) is 17.4. The van der Waals surface area contributed by atoms with Crippen LogP contribution in [0, 0.1) is 13.8 Å². The van der Waals surface area contributed by atoms with Crippen LogP contribution in [0.5, 0.6) is 0 Å². The van der Waals surface area contributed by atoms with E-state index in [1.807, 2.05) is 32.0 Å². The maximum absolute atomic E-state index is 12.3. The topological polar surface area (TPSA) is 75.1 Å². The molecule has 2 heterocycles. The lowest BCUT2D eigenvalue weighted by molar-refractivity contribution is -0.118. The number of aromatic nitrogens is 1. The van der Waals surface area contributed by atoms with E-state index in [-0.39, 0.29) is 11.3 Å². The summed E-state index contributed by atoms with van der Waals surface area (Å²) in [6.07, 6.45) is 1.58. The van der Waals surface area contributed by atoms with E-state index in [0.29, 0.717) is 18.1 Å². The van der Waals surface area contributed by atoms with Crippen LogP contribution in [-0.4, -0.2) is 16.6 Å².